The lowest BCUT2D eigenvalue weighted by Gasteiger charge is -2.32. The highest BCUT2D eigenvalue weighted by Crippen LogP contribution is 2.42. The van der Waals surface area contributed by atoms with Gasteiger partial charge in [-0.05, 0) is 46.1 Å². The van der Waals surface area contributed by atoms with Crippen molar-refractivity contribution in [1.29, 1.82) is 0 Å². The van der Waals surface area contributed by atoms with Crippen LogP contribution in [0.5, 0.6) is 0 Å². The average Bonchev–Trinajstić information content (AvgIpc) is 3.07. The van der Waals surface area contributed by atoms with E-state index in [1.165, 1.54) is 0 Å². The Morgan fingerprint density at radius 3 is 2.64 bits per heavy atom. The molecule has 2 aliphatic rings. The highest BCUT2D eigenvalue weighted by Gasteiger charge is 2.59. The number of ether oxygens (including phenoxy) is 1. The molecule has 25 heavy (non-hydrogen) atoms. The summed E-state index contributed by atoms with van der Waals surface area (Å²) in [6, 6.07) is 9.75. The zero-order chi connectivity index (χ0) is 18.2. The van der Waals surface area contributed by atoms with Crippen molar-refractivity contribution in [1.82, 2.24) is 10.2 Å². The van der Waals surface area contributed by atoms with E-state index in [1.807, 2.05) is 58.0 Å². The predicted molar refractivity (Wildman–Crippen MR) is 95.9 cm³/mol. The van der Waals surface area contributed by atoms with Crippen molar-refractivity contribution >= 4 is 11.9 Å². The molecule has 5 heteroatoms. The average molecular weight is 344 g/mol. The van der Waals surface area contributed by atoms with E-state index in [0.29, 0.717) is 19.4 Å². The smallest absolute Gasteiger partial charge is 0.332 e. The molecule has 2 heterocycles. The van der Waals surface area contributed by atoms with E-state index in [1.54, 1.807) is 4.90 Å². The first-order valence-corrected chi connectivity index (χ1v) is 9.09. The summed E-state index contributed by atoms with van der Waals surface area (Å²) in [4.78, 5) is 27.5. The molecular formula is C20H28N2O3. The number of hydrogen-bond donors (Lipinski definition) is 1. The Bertz CT molecular complexity index is 653. The third-order valence-corrected chi connectivity index (χ3v) is 5.12. The molecule has 2 fully saturated rings. The number of amides is 1. The van der Waals surface area contributed by atoms with Gasteiger partial charge in [0.25, 0.3) is 0 Å². The number of benzene rings is 1. The molecule has 0 aromatic heterocycles. The molecule has 0 spiro atoms. The van der Waals surface area contributed by atoms with E-state index in [9.17, 15) is 9.59 Å². The number of carbonyl (C=O) groups is 2. The summed E-state index contributed by atoms with van der Waals surface area (Å²) in [7, 11) is 0. The molecular weight excluding hydrogens is 316 g/mol. The number of esters is 1. The molecule has 3 atom stereocenters. The molecule has 0 saturated carbocycles. The number of hydrogen-bond acceptors (Lipinski definition) is 4. The van der Waals surface area contributed by atoms with Crippen molar-refractivity contribution in [2.24, 2.45) is 0 Å². The Morgan fingerprint density at radius 2 is 2.00 bits per heavy atom. The van der Waals surface area contributed by atoms with Gasteiger partial charge in [-0.1, -0.05) is 30.3 Å². The van der Waals surface area contributed by atoms with Gasteiger partial charge in [-0.25, -0.2) is 4.79 Å². The van der Waals surface area contributed by atoms with Crippen LogP contribution >= 0.6 is 0 Å². The first-order chi connectivity index (χ1) is 11.7. The van der Waals surface area contributed by atoms with Crippen LogP contribution in [0.3, 0.4) is 0 Å². The van der Waals surface area contributed by atoms with Gasteiger partial charge in [-0.15, -0.1) is 0 Å². The molecule has 2 aliphatic heterocycles. The Kier molecular flexibility index (Phi) is 4.62. The minimum Gasteiger partial charge on any atom is -0.458 e. The molecule has 1 amide bonds. The van der Waals surface area contributed by atoms with Gasteiger partial charge < -0.3 is 9.64 Å². The van der Waals surface area contributed by atoms with Crippen LogP contribution in [0.15, 0.2) is 30.3 Å². The molecule has 1 N–H and O–H groups in total. The summed E-state index contributed by atoms with van der Waals surface area (Å²) >= 11 is 0. The summed E-state index contributed by atoms with van der Waals surface area (Å²) in [5.41, 5.74) is -0.210. The molecule has 1 aromatic carbocycles. The van der Waals surface area contributed by atoms with E-state index >= 15 is 0 Å². The third-order valence-electron chi connectivity index (χ3n) is 5.12. The number of carbonyl (C=O) groups excluding carboxylic acids is 2. The minimum atomic E-state index is -0.793. The first kappa shape index (κ1) is 17.9. The normalized spacial score (nSPS) is 27.3. The van der Waals surface area contributed by atoms with Crippen LogP contribution in [-0.4, -0.2) is 40.5 Å². The highest BCUT2D eigenvalue weighted by molar-refractivity contribution is 5.95. The van der Waals surface area contributed by atoms with Gasteiger partial charge in [0.15, 0.2) is 0 Å². The molecule has 1 aromatic rings. The van der Waals surface area contributed by atoms with Crippen LogP contribution in [0, 0.1) is 0 Å². The van der Waals surface area contributed by atoms with Gasteiger partial charge in [-0.3, -0.25) is 10.1 Å². The highest BCUT2D eigenvalue weighted by atomic mass is 16.6. The second kappa shape index (κ2) is 6.45. The Balaban J connectivity index is 1.76. The van der Waals surface area contributed by atoms with Gasteiger partial charge in [0.2, 0.25) is 5.91 Å². The van der Waals surface area contributed by atoms with E-state index in [-0.39, 0.29) is 24.0 Å². The fraction of sp³-hybridized carbons (Fsp3) is 0.600. The summed E-state index contributed by atoms with van der Waals surface area (Å²) < 4.78 is 5.65. The zero-order valence-electron chi connectivity index (χ0n) is 15.5. The standard InChI is InChI=1S/C20H28N2O3/c1-14(15-9-6-5-7-10-15)21-16-13-20(18(24)25-19(2,3)4)11-8-12-22(20)17(16)23/h5-7,9-10,14,16,21H,8,11-13H2,1-4H3/t14-,16-,20-/m0/s1. The predicted octanol–water partition coefficient (Wildman–Crippen LogP) is 2.81. The van der Waals surface area contributed by atoms with Gasteiger partial charge in [0.05, 0.1) is 6.04 Å². The van der Waals surface area contributed by atoms with E-state index in [0.717, 1.165) is 12.0 Å². The first-order valence-electron chi connectivity index (χ1n) is 9.09. The third kappa shape index (κ3) is 3.43. The maximum absolute atomic E-state index is 12.9. The van der Waals surface area contributed by atoms with Crippen molar-refractivity contribution in [3.8, 4) is 0 Å². The second-order valence-electron chi connectivity index (χ2n) is 8.18. The second-order valence-corrected chi connectivity index (χ2v) is 8.18. The maximum atomic E-state index is 12.9. The topological polar surface area (TPSA) is 58.6 Å². The summed E-state index contributed by atoms with van der Waals surface area (Å²) in [5.74, 6) is -0.242. The van der Waals surface area contributed by atoms with E-state index < -0.39 is 11.1 Å². The Morgan fingerprint density at radius 1 is 1.32 bits per heavy atom. The van der Waals surface area contributed by atoms with Crippen LogP contribution < -0.4 is 5.32 Å². The van der Waals surface area contributed by atoms with Crippen LogP contribution in [0.4, 0.5) is 0 Å². The van der Waals surface area contributed by atoms with Crippen LogP contribution in [0.2, 0.25) is 0 Å². The van der Waals surface area contributed by atoms with Crippen LogP contribution in [-0.2, 0) is 14.3 Å². The molecule has 0 unspecified atom stereocenters. The quantitative estimate of drug-likeness (QED) is 0.854. The molecule has 0 aliphatic carbocycles. The summed E-state index contributed by atoms with van der Waals surface area (Å²) in [6.45, 7) is 8.28. The van der Waals surface area contributed by atoms with Gasteiger partial charge in [-0.2, -0.15) is 0 Å². The molecule has 5 nitrogen and oxygen atoms in total. The maximum Gasteiger partial charge on any atom is 0.332 e. The van der Waals surface area contributed by atoms with Crippen molar-refractivity contribution in [3.63, 3.8) is 0 Å². The Labute approximate surface area is 149 Å². The number of fused-ring (bicyclic) bond motifs is 1. The molecule has 3 rings (SSSR count). The van der Waals surface area contributed by atoms with Gasteiger partial charge >= 0.3 is 5.97 Å². The largest absolute Gasteiger partial charge is 0.458 e. The lowest BCUT2D eigenvalue weighted by atomic mass is 9.92. The fourth-order valence-electron chi connectivity index (χ4n) is 3.96. The fourth-order valence-corrected chi connectivity index (χ4v) is 3.96. The van der Waals surface area contributed by atoms with Crippen LogP contribution in [0.25, 0.3) is 0 Å². The minimum absolute atomic E-state index is 0.0196. The van der Waals surface area contributed by atoms with Crippen molar-refractivity contribution < 1.29 is 14.3 Å². The number of nitrogens with zero attached hydrogens (tertiary/aromatic N) is 1. The van der Waals surface area contributed by atoms with Gasteiger partial charge in [0, 0.05) is 19.0 Å². The molecule has 2 saturated heterocycles. The van der Waals surface area contributed by atoms with Gasteiger partial charge in [0.1, 0.15) is 11.1 Å². The van der Waals surface area contributed by atoms with Crippen molar-refractivity contribution in [2.75, 3.05) is 6.54 Å². The Hall–Kier alpha value is -1.88. The zero-order valence-corrected chi connectivity index (χ0v) is 15.5. The number of rotatable bonds is 4. The summed E-state index contributed by atoms with van der Waals surface area (Å²) in [6.07, 6.45) is 2.02. The van der Waals surface area contributed by atoms with E-state index in [4.69, 9.17) is 4.74 Å². The van der Waals surface area contributed by atoms with E-state index in [2.05, 4.69) is 5.32 Å². The summed E-state index contributed by atoms with van der Waals surface area (Å²) in [5, 5.41) is 3.42. The molecule has 0 bridgehead atoms. The van der Waals surface area contributed by atoms with Crippen LogP contribution in [0.1, 0.15) is 58.6 Å². The monoisotopic (exact) mass is 344 g/mol. The SMILES string of the molecule is C[C@H](N[C@H]1C[C@]2(C(=O)OC(C)(C)C)CCCN2C1=O)c1ccccc1. The van der Waals surface area contributed by atoms with Crippen molar-refractivity contribution in [2.45, 2.75) is 70.2 Å². The molecule has 136 valence electrons. The number of nitrogens with one attached hydrogen (secondary N) is 1. The van der Waals surface area contributed by atoms with Crippen molar-refractivity contribution in [3.05, 3.63) is 35.9 Å². The lowest BCUT2D eigenvalue weighted by molar-refractivity contribution is -0.168. The molecule has 0 radical (unpaired) electrons. The lowest BCUT2D eigenvalue weighted by Crippen LogP contribution is -2.50.